The van der Waals surface area contributed by atoms with Crippen molar-refractivity contribution in [3.8, 4) is 0 Å². The fourth-order valence-electron chi connectivity index (χ4n) is 1.09. The summed E-state index contributed by atoms with van der Waals surface area (Å²) in [6.45, 7) is 0. The van der Waals surface area contributed by atoms with Gasteiger partial charge >= 0.3 is 5.97 Å². The van der Waals surface area contributed by atoms with Crippen LogP contribution in [0, 0.1) is 23.3 Å². The fourth-order valence-corrected chi connectivity index (χ4v) is 1.09. The number of rotatable bonds is 3. The summed E-state index contributed by atoms with van der Waals surface area (Å²) in [5.74, 6) is -8.59. The molecule has 0 aliphatic carbocycles. The second kappa shape index (κ2) is 4.48. The number of halogens is 4. The molecule has 0 aliphatic heterocycles. The molecule has 0 saturated carbocycles. The van der Waals surface area contributed by atoms with E-state index < -0.39 is 47.3 Å². The second-order valence-electron chi connectivity index (χ2n) is 3.11. The molecule has 3 nitrogen and oxygen atoms in total. The van der Waals surface area contributed by atoms with Crippen molar-refractivity contribution in [3.05, 3.63) is 34.9 Å². The van der Waals surface area contributed by atoms with E-state index in [1.807, 2.05) is 0 Å². The summed E-state index contributed by atoms with van der Waals surface area (Å²) >= 11 is 0. The summed E-state index contributed by atoms with van der Waals surface area (Å²) in [7, 11) is 0. The van der Waals surface area contributed by atoms with E-state index in [4.69, 9.17) is 10.8 Å². The number of carboxylic acids is 1. The topological polar surface area (TPSA) is 63.3 Å². The van der Waals surface area contributed by atoms with E-state index >= 15 is 0 Å². The molecule has 0 aliphatic rings. The van der Waals surface area contributed by atoms with Crippen molar-refractivity contribution in [2.24, 2.45) is 5.73 Å². The van der Waals surface area contributed by atoms with Gasteiger partial charge in [-0.05, 0) is 11.6 Å². The average molecular weight is 237 g/mol. The highest BCUT2D eigenvalue weighted by molar-refractivity contribution is 5.73. The van der Waals surface area contributed by atoms with Gasteiger partial charge in [0, 0.05) is 6.42 Å². The summed E-state index contributed by atoms with van der Waals surface area (Å²) in [5.41, 5.74) is 4.43. The van der Waals surface area contributed by atoms with E-state index in [1.165, 1.54) is 0 Å². The maximum atomic E-state index is 13.0. The highest BCUT2D eigenvalue weighted by atomic mass is 19.2. The van der Waals surface area contributed by atoms with Gasteiger partial charge in [-0.3, -0.25) is 4.79 Å². The minimum atomic E-state index is -1.98. The molecule has 0 fully saturated rings. The lowest BCUT2D eigenvalue weighted by molar-refractivity contribution is -0.138. The van der Waals surface area contributed by atoms with E-state index in [9.17, 15) is 22.4 Å². The van der Waals surface area contributed by atoms with Crippen LogP contribution in [0.1, 0.15) is 5.56 Å². The molecule has 1 aromatic rings. The Bertz CT molecular complexity index is 436. The summed E-state index contributed by atoms with van der Waals surface area (Å²) in [6.07, 6.45) is -0.630. The first-order valence-electron chi connectivity index (χ1n) is 4.14. The average Bonchev–Trinajstić information content (AvgIpc) is 2.22. The normalized spacial score (nSPS) is 12.6. The Hall–Kier alpha value is -1.63. The Balaban J connectivity index is 3.11. The van der Waals surface area contributed by atoms with E-state index in [0.29, 0.717) is 6.07 Å². The molecule has 0 aromatic heterocycles. The summed E-state index contributed by atoms with van der Waals surface area (Å²) in [4.78, 5) is 10.3. The molecule has 0 unspecified atom stereocenters. The van der Waals surface area contributed by atoms with Crippen LogP contribution in [0.25, 0.3) is 0 Å². The Morgan fingerprint density at radius 1 is 1.25 bits per heavy atom. The molecule has 1 aromatic carbocycles. The number of aliphatic carboxylic acids is 1. The minimum absolute atomic E-state index is 0.385. The largest absolute Gasteiger partial charge is 0.480 e. The molecule has 1 rings (SSSR count). The van der Waals surface area contributed by atoms with Crippen LogP contribution in [-0.2, 0) is 11.2 Å². The monoisotopic (exact) mass is 237 g/mol. The molecular formula is C9H7F4NO2. The molecule has 3 N–H and O–H groups in total. The number of hydrogen-bond acceptors (Lipinski definition) is 2. The minimum Gasteiger partial charge on any atom is -0.480 e. The first-order chi connectivity index (χ1) is 7.34. The Morgan fingerprint density at radius 3 is 2.31 bits per heavy atom. The lowest BCUT2D eigenvalue weighted by Crippen LogP contribution is -2.32. The first kappa shape index (κ1) is 12.4. The van der Waals surface area contributed by atoms with Crippen LogP contribution >= 0.6 is 0 Å². The lowest BCUT2D eigenvalue weighted by atomic mass is 10.1. The third kappa shape index (κ3) is 2.30. The third-order valence-electron chi connectivity index (χ3n) is 1.93. The zero-order valence-electron chi connectivity index (χ0n) is 7.81. The van der Waals surface area contributed by atoms with Crippen molar-refractivity contribution >= 4 is 5.97 Å². The fraction of sp³-hybridized carbons (Fsp3) is 0.222. The maximum absolute atomic E-state index is 13.0. The van der Waals surface area contributed by atoms with Gasteiger partial charge in [0.2, 0.25) is 0 Å². The number of carbonyl (C=O) groups is 1. The highest BCUT2D eigenvalue weighted by Crippen LogP contribution is 2.19. The van der Waals surface area contributed by atoms with Crippen LogP contribution in [0.2, 0.25) is 0 Å². The van der Waals surface area contributed by atoms with Crippen LogP contribution in [0.4, 0.5) is 17.6 Å². The molecule has 16 heavy (non-hydrogen) atoms. The Labute approximate surface area is 87.5 Å². The molecule has 88 valence electrons. The zero-order valence-corrected chi connectivity index (χ0v) is 7.81. The quantitative estimate of drug-likeness (QED) is 0.471. The maximum Gasteiger partial charge on any atom is 0.320 e. The van der Waals surface area contributed by atoms with E-state index in [2.05, 4.69) is 0 Å². The second-order valence-corrected chi connectivity index (χ2v) is 3.11. The SMILES string of the molecule is N[C@@H](Cc1cc(F)c(F)c(F)c1F)C(=O)O. The summed E-state index contributed by atoms with van der Waals surface area (Å²) in [6, 6.07) is -1.13. The van der Waals surface area contributed by atoms with Crippen molar-refractivity contribution in [1.29, 1.82) is 0 Å². The van der Waals surface area contributed by atoms with E-state index in [0.717, 1.165) is 0 Å². The van der Waals surface area contributed by atoms with Crippen molar-refractivity contribution in [1.82, 2.24) is 0 Å². The lowest BCUT2D eigenvalue weighted by Gasteiger charge is -2.08. The molecule has 0 heterocycles. The van der Waals surface area contributed by atoms with Gasteiger partial charge in [0.15, 0.2) is 23.3 Å². The van der Waals surface area contributed by atoms with Crippen LogP contribution in [0.5, 0.6) is 0 Å². The molecule has 1 atom stereocenters. The van der Waals surface area contributed by atoms with E-state index in [1.54, 1.807) is 0 Å². The zero-order chi connectivity index (χ0) is 12.5. The van der Waals surface area contributed by atoms with Crippen LogP contribution in [0.15, 0.2) is 6.07 Å². The number of hydrogen-bond donors (Lipinski definition) is 2. The smallest absolute Gasteiger partial charge is 0.320 e. The molecule has 7 heteroatoms. The summed E-state index contributed by atoms with van der Waals surface area (Å²) < 4.78 is 51.0. The van der Waals surface area contributed by atoms with Crippen LogP contribution in [0.3, 0.4) is 0 Å². The van der Waals surface area contributed by atoms with Gasteiger partial charge in [-0.25, -0.2) is 17.6 Å². The highest BCUT2D eigenvalue weighted by Gasteiger charge is 2.22. The summed E-state index contributed by atoms with van der Waals surface area (Å²) in [5, 5.41) is 8.42. The molecule has 0 radical (unpaired) electrons. The van der Waals surface area contributed by atoms with Gasteiger partial charge < -0.3 is 10.8 Å². The number of carboxylic acid groups (broad SMARTS) is 1. The van der Waals surface area contributed by atoms with Gasteiger partial charge in [-0.1, -0.05) is 0 Å². The third-order valence-corrected chi connectivity index (χ3v) is 1.93. The molecule has 0 spiro atoms. The predicted octanol–water partition coefficient (Wildman–Crippen LogP) is 1.20. The molecule has 0 saturated heterocycles. The number of nitrogens with two attached hydrogens (primary N) is 1. The van der Waals surface area contributed by atoms with Gasteiger partial charge in [-0.2, -0.15) is 0 Å². The molecular weight excluding hydrogens is 230 g/mol. The van der Waals surface area contributed by atoms with E-state index in [-0.39, 0.29) is 0 Å². The first-order valence-corrected chi connectivity index (χ1v) is 4.14. The predicted molar refractivity (Wildman–Crippen MR) is 45.6 cm³/mol. The van der Waals surface area contributed by atoms with Gasteiger partial charge in [0.05, 0.1) is 0 Å². The Morgan fingerprint density at radius 2 is 1.81 bits per heavy atom. The molecule has 0 bridgehead atoms. The van der Waals surface area contributed by atoms with Crippen molar-refractivity contribution in [2.75, 3.05) is 0 Å². The van der Waals surface area contributed by atoms with Crippen LogP contribution in [-0.4, -0.2) is 17.1 Å². The van der Waals surface area contributed by atoms with Crippen molar-refractivity contribution in [3.63, 3.8) is 0 Å². The van der Waals surface area contributed by atoms with Gasteiger partial charge in [-0.15, -0.1) is 0 Å². The molecule has 0 amide bonds. The van der Waals surface area contributed by atoms with Gasteiger partial charge in [0.1, 0.15) is 6.04 Å². The van der Waals surface area contributed by atoms with Crippen molar-refractivity contribution < 1.29 is 27.5 Å². The standard InChI is InChI=1S/C9H7F4NO2/c10-4-1-3(2-5(14)9(15)16)6(11)8(13)7(4)12/h1,5H,2,14H2,(H,15,16)/t5-/m0/s1. The van der Waals surface area contributed by atoms with Gasteiger partial charge in [0.25, 0.3) is 0 Å². The Kier molecular flexibility index (Phi) is 3.48. The van der Waals surface area contributed by atoms with Crippen LogP contribution < -0.4 is 5.73 Å². The van der Waals surface area contributed by atoms with Crippen molar-refractivity contribution in [2.45, 2.75) is 12.5 Å². The number of benzene rings is 1.